The summed E-state index contributed by atoms with van der Waals surface area (Å²) >= 11 is 0. The Labute approximate surface area is 123 Å². The number of hydrogen-bond acceptors (Lipinski definition) is 3. The maximum absolute atomic E-state index is 5.95. The van der Waals surface area contributed by atoms with E-state index in [1.165, 1.54) is 44.2 Å². The van der Waals surface area contributed by atoms with Gasteiger partial charge in [-0.1, -0.05) is 19.8 Å². The quantitative estimate of drug-likeness (QED) is 0.803. The van der Waals surface area contributed by atoms with Crippen molar-refractivity contribution < 1.29 is 4.74 Å². The van der Waals surface area contributed by atoms with Gasteiger partial charge in [-0.05, 0) is 50.9 Å². The molecule has 3 heteroatoms. The zero-order valence-electron chi connectivity index (χ0n) is 12.9. The molecule has 1 aliphatic heterocycles. The van der Waals surface area contributed by atoms with Crippen molar-refractivity contribution in [2.24, 2.45) is 0 Å². The fourth-order valence-electron chi connectivity index (χ4n) is 3.17. The molecular formula is C17H28N2O. The molecule has 1 aromatic carbocycles. The van der Waals surface area contributed by atoms with Crippen LogP contribution in [0.1, 0.15) is 51.5 Å². The zero-order valence-corrected chi connectivity index (χ0v) is 12.9. The van der Waals surface area contributed by atoms with Crippen molar-refractivity contribution in [3.63, 3.8) is 0 Å². The van der Waals surface area contributed by atoms with Gasteiger partial charge in [-0.15, -0.1) is 0 Å². The minimum absolute atomic E-state index is 0.704. The highest BCUT2D eigenvalue weighted by Gasteiger charge is 2.22. The Morgan fingerprint density at radius 3 is 2.90 bits per heavy atom. The number of benzene rings is 1. The molecule has 1 aliphatic rings. The van der Waals surface area contributed by atoms with Crippen LogP contribution >= 0.6 is 0 Å². The SMILES string of the molecule is CCCC1CCCCN1Cc1cc(N)ccc1OCC. The second-order valence-corrected chi connectivity index (χ2v) is 5.71. The van der Waals surface area contributed by atoms with Crippen molar-refractivity contribution in [1.29, 1.82) is 0 Å². The van der Waals surface area contributed by atoms with Gasteiger partial charge < -0.3 is 10.5 Å². The Morgan fingerprint density at radius 1 is 1.30 bits per heavy atom. The van der Waals surface area contributed by atoms with E-state index in [0.717, 1.165) is 24.0 Å². The van der Waals surface area contributed by atoms with Crippen molar-refractivity contribution in [1.82, 2.24) is 4.90 Å². The molecule has 1 aromatic rings. The number of hydrogen-bond donors (Lipinski definition) is 1. The van der Waals surface area contributed by atoms with E-state index in [0.29, 0.717) is 6.61 Å². The maximum Gasteiger partial charge on any atom is 0.123 e. The standard InChI is InChI=1S/C17H28N2O/c1-3-7-16-8-5-6-11-19(16)13-14-12-15(18)9-10-17(14)20-4-2/h9-10,12,16H,3-8,11,13,18H2,1-2H3. The van der Waals surface area contributed by atoms with Gasteiger partial charge in [-0.25, -0.2) is 0 Å². The van der Waals surface area contributed by atoms with Crippen LogP contribution in [0.3, 0.4) is 0 Å². The van der Waals surface area contributed by atoms with Gasteiger partial charge >= 0.3 is 0 Å². The summed E-state index contributed by atoms with van der Waals surface area (Å²) in [7, 11) is 0. The summed E-state index contributed by atoms with van der Waals surface area (Å²) in [5, 5.41) is 0. The lowest BCUT2D eigenvalue weighted by molar-refractivity contribution is 0.130. The Kier molecular flexibility index (Phi) is 5.72. The lowest BCUT2D eigenvalue weighted by Crippen LogP contribution is -2.38. The average Bonchev–Trinajstić information content (AvgIpc) is 2.44. The molecule has 20 heavy (non-hydrogen) atoms. The Morgan fingerprint density at radius 2 is 2.15 bits per heavy atom. The fourth-order valence-corrected chi connectivity index (χ4v) is 3.17. The summed E-state index contributed by atoms with van der Waals surface area (Å²) < 4.78 is 5.75. The van der Waals surface area contributed by atoms with Gasteiger partial charge in [0, 0.05) is 23.8 Å². The smallest absolute Gasteiger partial charge is 0.123 e. The number of ether oxygens (including phenoxy) is 1. The van der Waals surface area contributed by atoms with Crippen molar-refractivity contribution in [3.8, 4) is 5.75 Å². The zero-order chi connectivity index (χ0) is 14.4. The highest BCUT2D eigenvalue weighted by molar-refractivity contribution is 5.47. The van der Waals surface area contributed by atoms with E-state index < -0.39 is 0 Å². The molecule has 0 amide bonds. The van der Waals surface area contributed by atoms with E-state index in [1.807, 2.05) is 19.1 Å². The molecule has 3 nitrogen and oxygen atoms in total. The van der Waals surface area contributed by atoms with Crippen LogP contribution in [-0.4, -0.2) is 24.1 Å². The summed E-state index contributed by atoms with van der Waals surface area (Å²) in [6.07, 6.45) is 6.58. The molecule has 1 heterocycles. The highest BCUT2D eigenvalue weighted by atomic mass is 16.5. The molecule has 0 bridgehead atoms. The van der Waals surface area contributed by atoms with Gasteiger partial charge in [0.25, 0.3) is 0 Å². The van der Waals surface area contributed by atoms with Gasteiger partial charge in [-0.2, -0.15) is 0 Å². The lowest BCUT2D eigenvalue weighted by Gasteiger charge is -2.36. The molecular weight excluding hydrogens is 248 g/mol. The largest absolute Gasteiger partial charge is 0.494 e. The van der Waals surface area contributed by atoms with E-state index in [4.69, 9.17) is 10.5 Å². The molecule has 0 saturated carbocycles. The molecule has 2 rings (SSSR count). The molecule has 1 saturated heterocycles. The first-order valence-corrected chi connectivity index (χ1v) is 7.99. The Hall–Kier alpha value is -1.22. The van der Waals surface area contributed by atoms with E-state index in [2.05, 4.69) is 17.9 Å². The summed E-state index contributed by atoms with van der Waals surface area (Å²) in [6, 6.07) is 6.73. The highest BCUT2D eigenvalue weighted by Crippen LogP contribution is 2.28. The molecule has 2 N–H and O–H groups in total. The molecule has 0 aromatic heterocycles. The first-order chi connectivity index (χ1) is 9.74. The summed E-state index contributed by atoms with van der Waals surface area (Å²) in [6.45, 7) is 7.17. The van der Waals surface area contributed by atoms with Crippen LogP contribution < -0.4 is 10.5 Å². The number of anilines is 1. The fraction of sp³-hybridized carbons (Fsp3) is 0.647. The van der Waals surface area contributed by atoms with E-state index in [1.54, 1.807) is 0 Å². The number of nitrogens with two attached hydrogens (primary N) is 1. The van der Waals surface area contributed by atoms with Gasteiger partial charge in [0.05, 0.1) is 6.61 Å². The van der Waals surface area contributed by atoms with E-state index in [-0.39, 0.29) is 0 Å². The van der Waals surface area contributed by atoms with Crippen molar-refractivity contribution in [3.05, 3.63) is 23.8 Å². The molecule has 112 valence electrons. The molecule has 1 atom stereocenters. The predicted molar refractivity (Wildman–Crippen MR) is 85.0 cm³/mol. The average molecular weight is 276 g/mol. The molecule has 0 radical (unpaired) electrons. The van der Waals surface area contributed by atoms with Gasteiger partial charge in [0.15, 0.2) is 0 Å². The first-order valence-electron chi connectivity index (χ1n) is 7.99. The monoisotopic (exact) mass is 276 g/mol. The Balaban J connectivity index is 2.12. The van der Waals surface area contributed by atoms with Crippen LogP contribution in [0.25, 0.3) is 0 Å². The minimum atomic E-state index is 0.704. The lowest BCUT2D eigenvalue weighted by atomic mass is 9.97. The minimum Gasteiger partial charge on any atom is -0.494 e. The molecule has 1 fully saturated rings. The third-order valence-electron chi connectivity index (χ3n) is 4.13. The number of piperidine rings is 1. The summed E-state index contributed by atoms with van der Waals surface area (Å²) in [5.41, 5.74) is 8.01. The van der Waals surface area contributed by atoms with Gasteiger partial charge in [0.1, 0.15) is 5.75 Å². The number of nitrogens with zero attached hydrogens (tertiary/aromatic N) is 1. The number of likely N-dealkylation sites (tertiary alicyclic amines) is 1. The van der Waals surface area contributed by atoms with Gasteiger partial charge in [0.2, 0.25) is 0 Å². The van der Waals surface area contributed by atoms with Crippen molar-refractivity contribution >= 4 is 5.69 Å². The second-order valence-electron chi connectivity index (χ2n) is 5.71. The van der Waals surface area contributed by atoms with E-state index in [9.17, 15) is 0 Å². The third-order valence-corrected chi connectivity index (χ3v) is 4.13. The van der Waals surface area contributed by atoms with Crippen LogP contribution in [-0.2, 0) is 6.54 Å². The Bertz CT molecular complexity index is 417. The van der Waals surface area contributed by atoms with Crippen LogP contribution in [0, 0.1) is 0 Å². The molecule has 0 aliphatic carbocycles. The van der Waals surface area contributed by atoms with Crippen LogP contribution in [0.15, 0.2) is 18.2 Å². The van der Waals surface area contributed by atoms with Crippen molar-refractivity contribution in [2.75, 3.05) is 18.9 Å². The number of rotatable bonds is 6. The molecule has 1 unspecified atom stereocenters. The number of nitrogen functional groups attached to an aromatic ring is 1. The topological polar surface area (TPSA) is 38.5 Å². The molecule has 0 spiro atoms. The van der Waals surface area contributed by atoms with Crippen LogP contribution in [0.4, 0.5) is 5.69 Å². The van der Waals surface area contributed by atoms with E-state index >= 15 is 0 Å². The second kappa shape index (κ2) is 7.53. The van der Waals surface area contributed by atoms with Crippen LogP contribution in [0.2, 0.25) is 0 Å². The first kappa shape index (κ1) is 15.2. The third kappa shape index (κ3) is 3.89. The van der Waals surface area contributed by atoms with Crippen LogP contribution in [0.5, 0.6) is 5.75 Å². The summed E-state index contributed by atoms with van der Waals surface area (Å²) in [5.74, 6) is 0.988. The summed E-state index contributed by atoms with van der Waals surface area (Å²) in [4.78, 5) is 2.62. The normalized spacial score (nSPS) is 20.0. The predicted octanol–water partition coefficient (Wildman–Crippen LogP) is 3.82. The van der Waals surface area contributed by atoms with Crippen molar-refractivity contribution in [2.45, 2.75) is 58.5 Å². The maximum atomic E-state index is 5.95. The van der Waals surface area contributed by atoms with Gasteiger partial charge in [-0.3, -0.25) is 4.90 Å².